The standard InChI is InChI=1S/C11H13BrN2O4/c1-5-6-7(15)18-9-11(2,12)8(16)13(3)10(17)14(9)4/h9H,1-4H3/t9-,11+/m1/s1. The van der Waals surface area contributed by atoms with Crippen LogP contribution in [-0.4, -0.2) is 52.4 Å². The van der Waals surface area contributed by atoms with Crippen molar-refractivity contribution < 1.29 is 19.1 Å². The number of carbonyl (C=O) groups excluding carboxylic acids is 3. The fourth-order valence-corrected chi connectivity index (χ4v) is 2.31. The summed E-state index contributed by atoms with van der Waals surface area (Å²) < 4.78 is 3.85. The summed E-state index contributed by atoms with van der Waals surface area (Å²) in [4.78, 5) is 37.2. The Morgan fingerprint density at radius 3 is 2.50 bits per heavy atom. The zero-order valence-electron chi connectivity index (χ0n) is 10.5. The summed E-state index contributed by atoms with van der Waals surface area (Å²) >= 11 is 3.20. The third kappa shape index (κ3) is 2.34. The van der Waals surface area contributed by atoms with Crippen molar-refractivity contribution in [1.29, 1.82) is 0 Å². The van der Waals surface area contributed by atoms with Crippen LogP contribution in [0.5, 0.6) is 0 Å². The van der Waals surface area contributed by atoms with Crippen molar-refractivity contribution in [2.45, 2.75) is 24.4 Å². The number of nitrogens with zero attached hydrogens (tertiary/aromatic N) is 2. The maximum absolute atomic E-state index is 12.0. The van der Waals surface area contributed by atoms with E-state index in [1.54, 1.807) is 0 Å². The number of imide groups is 1. The van der Waals surface area contributed by atoms with Gasteiger partial charge in [-0.2, -0.15) is 0 Å². The van der Waals surface area contributed by atoms with Crippen LogP contribution in [0.25, 0.3) is 0 Å². The summed E-state index contributed by atoms with van der Waals surface area (Å²) in [6, 6.07) is -0.542. The van der Waals surface area contributed by atoms with Gasteiger partial charge in [-0.1, -0.05) is 21.9 Å². The molecule has 1 heterocycles. The van der Waals surface area contributed by atoms with Gasteiger partial charge in [0, 0.05) is 20.0 Å². The molecule has 0 radical (unpaired) electrons. The van der Waals surface area contributed by atoms with Gasteiger partial charge in [0.25, 0.3) is 5.91 Å². The fourth-order valence-electron chi connectivity index (χ4n) is 1.64. The molecule has 98 valence electrons. The Bertz CT molecular complexity index is 463. The summed E-state index contributed by atoms with van der Waals surface area (Å²) in [6.07, 6.45) is -1.04. The Kier molecular flexibility index (Phi) is 4.02. The van der Waals surface area contributed by atoms with Gasteiger partial charge in [-0.15, -0.1) is 0 Å². The van der Waals surface area contributed by atoms with Gasteiger partial charge in [-0.3, -0.25) is 14.6 Å². The topological polar surface area (TPSA) is 66.9 Å². The van der Waals surface area contributed by atoms with E-state index in [1.807, 2.05) is 0 Å². The number of alkyl halides is 1. The van der Waals surface area contributed by atoms with Crippen molar-refractivity contribution in [3.05, 3.63) is 0 Å². The van der Waals surface area contributed by atoms with E-state index in [4.69, 9.17) is 4.74 Å². The third-order valence-electron chi connectivity index (χ3n) is 2.57. The number of rotatable bonds is 1. The number of amides is 3. The van der Waals surface area contributed by atoms with Crippen LogP contribution in [0.1, 0.15) is 13.8 Å². The Hall–Kier alpha value is -1.55. The summed E-state index contributed by atoms with van der Waals surface area (Å²) in [5, 5.41) is 0. The molecule has 0 bridgehead atoms. The third-order valence-corrected chi connectivity index (χ3v) is 3.30. The Balaban J connectivity index is 3.06. The molecule has 0 saturated carbocycles. The molecule has 0 aromatic heterocycles. The molecular formula is C11H13BrN2O4. The molecule has 18 heavy (non-hydrogen) atoms. The van der Waals surface area contributed by atoms with Crippen LogP contribution >= 0.6 is 15.9 Å². The number of halogens is 1. The molecule has 0 unspecified atom stereocenters. The molecular weight excluding hydrogens is 304 g/mol. The lowest BCUT2D eigenvalue weighted by Crippen LogP contribution is -2.66. The molecule has 1 rings (SSSR count). The summed E-state index contributed by atoms with van der Waals surface area (Å²) in [5.41, 5.74) is 0. The van der Waals surface area contributed by atoms with Gasteiger partial charge in [0.15, 0.2) is 4.32 Å². The maximum Gasteiger partial charge on any atom is 0.386 e. The molecule has 0 spiro atoms. The second kappa shape index (κ2) is 4.98. The highest BCUT2D eigenvalue weighted by Crippen LogP contribution is 2.33. The van der Waals surface area contributed by atoms with Crippen LogP contribution < -0.4 is 0 Å². The van der Waals surface area contributed by atoms with E-state index in [2.05, 4.69) is 27.8 Å². The highest BCUT2D eigenvalue weighted by molar-refractivity contribution is 9.10. The first-order valence-corrected chi connectivity index (χ1v) is 5.90. The zero-order valence-corrected chi connectivity index (χ0v) is 12.1. The highest BCUT2D eigenvalue weighted by atomic mass is 79.9. The van der Waals surface area contributed by atoms with Gasteiger partial charge < -0.3 is 4.74 Å². The van der Waals surface area contributed by atoms with Gasteiger partial charge in [-0.05, 0) is 13.8 Å². The second-order valence-corrected chi connectivity index (χ2v) is 5.61. The van der Waals surface area contributed by atoms with E-state index in [1.165, 1.54) is 32.8 Å². The van der Waals surface area contributed by atoms with Crippen molar-refractivity contribution >= 4 is 33.8 Å². The Labute approximate surface area is 113 Å². The lowest BCUT2D eigenvalue weighted by atomic mass is 10.1. The first kappa shape index (κ1) is 14.5. The summed E-state index contributed by atoms with van der Waals surface area (Å²) in [6.45, 7) is 3.02. The maximum atomic E-state index is 12.0. The largest absolute Gasteiger partial charge is 0.430 e. The molecule has 1 aliphatic rings. The predicted octanol–water partition coefficient (Wildman–Crippen LogP) is 0.556. The van der Waals surface area contributed by atoms with E-state index in [9.17, 15) is 14.4 Å². The Morgan fingerprint density at radius 1 is 1.44 bits per heavy atom. The average molecular weight is 317 g/mol. The number of hydrogen-bond acceptors (Lipinski definition) is 4. The number of urea groups is 1. The number of esters is 1. The first-order chi connectivity index (χ1) is 8.23. The van der Waals surface area contributed by atoms with Crippen LogP contribution in [0.15, 0.2) is 0 Å². The first-order valence-electron chi connectivity index (χ1n) is 5.10. The van der Waals surface area contributed by atoms with Crippen molar-refractivity contribution in [3.8, 4) is 11.8 Å². The quantitative estimate of drug-likeness (QED) is 0.307. The monoisotopic (exact) mass is 316 g/mol. The molecule has 7 heteroatoms. The van der Waals surface area contributed by atoms with Crippen LogP contribution in [0.3, 0.4) is 0 Å². The van der Waals surface area contributed by atoms with Crippen molar-refractivity contribution in [3.63, 3.8) is 0 Å². The predicted molar refractivity (Wildman–Crippen MR) is 66.6 cm³/mol. The molecule has 0 aromatic rings. The van der Waals surface area contributed by atoms with Crippen LogP contribution in [-0.2, 0) is 14.3 Å². The SMILES string of the molecule is CC#CC(=O)O[C@H]1N(C)C(=O)N(C)C(=O)[C@]1(C)Br. The normalized spacial score (nSPS) is 27.7. The van der Waals surface area contributed by atoms with Crippen LogP contribution in [0.4, 0.5) is 4.79 Å². The van der Waals surface area contributed by atoms with E-state index < -0.39 is 28.5 Å². The van der Waals surface area contributed by atoms with Gasteiger partial charge in [0.05, 0.1) is 0 Å². The highest BCUT2D eigenvalue weighted by Gasteiger charge is 2.53. The molecule has 1 aliphatic heterocycles. The van der Waals surface area contributed by atoms with Gasteiger partial charge in [0.2, 0.25) is 6.23 Å². The smallest absolute Gasteiger partial charge is 0.386 e. The van der Waals surface area contributed by atoms with Crippen LogP contribution in [0, 0.1) is 11.8 Å². The molecule has 1 saturated heterocycles. The molecule has 2 atom stereocenters. The number of hydrogen-bond donors (Lipinski definition) is 0. The minimum Gasteiger partial charge on any atom is -0.430 e. The van der Waals surface area contributed by atoms with Crippen molar-refractivity contribution in [1.82, 2.24) is 9.80 Å². The van der Waals surface area contributed by atoms with Crippen molar-refractivity contribution in [2.75, 3.05) is 14.1 Å². The summed E-state index contributed by atoms with van der Waals surface area (Å²) in [7, 11) is 2.81. The van der Waals surface area contributed by atoms with E-state index in [0.717, 1.165) is 4.90 Å². The van der Waals surface area contributed by atoms with Crippen LogP contribution in [0.2, 0.25) is 0 Å². The molecule has 1 fully saturated rings. The summed E-state index contributed by atoms with van der Waals surface area (Å²) in [5.74, 6) is 3.32. The van der Waals surface area contributed by atoms with E-state index in [0.29, 0.717) is 0 Å². The minimum atomic E-state index is -1.20. The Morgan fingerprint density at radius 2 is 2.00 bits per heavy atom. The zero-order chi connectivity index (χ0) is 14.1. The molecule has 0 aromatic carbocycles. The minimum absolute atomic E-state index is 0.479. The second-order valence-electron chi connectivity index (χ2n) is 3.97. The number of carbonyl (C=O) groups is 3. The average Bonchev–Trinajstić information content (AvgIpc) is 2.31. The number of ether oxygens (including phenoxy) is 1. The lowest BCUT2D eigenvalue weighted by molar-refractivity contribution is -0.159. The lowest BCUT2D eigenvalue weighted by Gasteiger charge is -2.43. The van der Waals surface area contributed by atoms with E-state index in [-0.39, 0.29) is 0 Å². The van der Waals surface area contributed by atoms with E-state index >= 15 is 0 Å². The fraction of sp³-hybridized carbons (Fsp3) is 0.545. The molecule has 0 N–H and O–H groups in total. The van der Waals surface area contributed by atoms with Gasteiger partial charge in [-0.25, -0.2) is 9.59 Å². The molecule has 6 nitrogen and oxygen atoms in total. The van der Waals surface area contributed by atoms with Gasteiger partial charge >= 0.3 is 12.0 Å². The van der Waals surface area contributed by atoms with Crippen molar-refractivity contribution in [2.24, 2.45) is 0 Å². The molecule has 0 aliphatic carbocycles. The van der Waals surface area contributed by atoms with Gasteiger partial charge in [0.1, 0.15) is 0 Å². The molecule has 3 amide bonds.